The molecule has 2 rings (SSSR count). The molecule has 0 unspecified atom stereocenters. The molecule has 0 bridgehead atoms. The maximum absolute atomic E-state index is 12.1. The fourth-order valence-corrected chi connectivity index (χ4v) is 2.89. The van der Waals surface area contributed by atoms with Crippen LogP contribution in [0.4, 0.5) is 0 Å². The second-order valence-corrected chi connectivity index (χ2v) is 6.57. The lowest BCUT2D eigenvalue weighted by atomic mass is 10.1. The third-order valence-corrected chi connectivity index (χ3v) is 4.77. The Bertz CT molecular complexity index is 646. The Kier molecular flexibility index (Phi) is 4.55. The Morgan fingerprint density at radius 1 is 1.40 bits per heavy atom. The van der Waals surface area contributed by atoms with Crippen molar-refractivity contribution in [2.24, 2.45) is 5.92 Å². The van der Waals surface area contributed by atoms with Crippen LogP contribution in [0.2, 0.25) is 0 Å². The van der Waals surface area contributed by atoms with E-state index >= 15 is 0 Å². The average molecular weight is 294 g/mol. The predicted octanol–water partition coefficient (Wildman–Crippen LogP) is 2.19. The van der Waals surface area contributed by atoms with Gasteiger partial charge >= 0.3 is 0 Å². The van der Waals surface area contributed by atoms with Crippen LogP contribution in [0, 0.1) is 5.92 Å². The maximum Gasteiger partial charge on any atom is 0.275 e. The van der Waals surface area contributed by atoms with Gasteiger partial charge in [0, 0.05) is 18.7 Å². The molecule has 0 saturated carbocycles. The van der Waals surface area contributed by atoms with Crippen molar-refractivity contribution in [2.75, 3.05) is 7.05 Å². The highest BCUT2D eigenvalue weighted by Gasteiger charge is 2.15. The summed E-state index contributed by atoms with van der Waals surface area (Å²) in [7, 11) is 2.07. The van der Waals surface area contributed by atoms with E-state index in [-0.39, 0.29) is 5.56 Å². The molecule has 0 saturated heterocycles. The second kappa shape index (κ2) is 6.01. The quantitative estimate of drug-likeness (QED) is 0.848. The van der Waals surface area contributed by atoms with Gasteiger partial charge in [0.15, 0.2) is 0 Å². The third-order valence-electron chi connectivity index (χ3n) is 3.71. The molecule has 0 aromatic carbocycles. The number of hydrogen-bond donors (Lipinski definition) is 0. The Morgan fingerprint density at radius 3 is 2.70 bits per heavy atom. The van der Waals surface area contributed by atoms with E-state index in [0.717, 1.165) is 17.1 Å². The number of aryl methyl sites for hydroxylation is 1. The second-order valence-electron chi connectivity index (χ2n) is 5.53. The van der Waals surface area contributed by atoms with Gasteiger partial charge in [0.2, 0.25) is 4.96 Å². The summed E-state index contributed by atoms with van der Waals surface area (Å²) in [5.74, 6) is 0.569. The monoisotopic (exact) mass is 294 g/mol. The van der Waals surface area contributed by atoms with E-state index in [0.29, 0.717) is 23.5 Å². The number of rotatable bonds is 5. The van der Waals surface area contributed by atoms with Gasteiger partial charge in [-0.15, -0.1) is 0 Å². The van der Waals surface area contributed by atoms with Crippen LogP contribution in [0.15, 0.2) is 10.9 Å². The molecular formula is C14H22N4OS. The summed E-state index contributed by atoms with van der Waals surface area (Å²) in [6.07, 6.45) is 0.826. The van der Waals surface area contributed by atoms with Crippen molar-refractivity contribution in [1.82, 2.24) is 19.5 Å². The summed E-state index contributed by atoms with van der Waals surface area (Å²) >= 11 is 1.49. The van der Waals surface area contributed by atoms with Gasteiger partial charge in [-0.1, -0.05) is 32.1 Å². The number of hydrogen-bond acceptors (Lipinski definition) is 5. The van der Waals surface area contributed by atoms with Crippen molar-refractivity contribution in [3.05, 3.63) is 27.1 Å². The highest BCUT2D eigenvalue weighted by molar-refractivity contribution is 7.16. The molecule has 2 aromatic rings. The van der Waals surface area contributed by atoms with E-state index in [4.69, 9.17) is 0 Å². The Labute approximate surface area is 123 Å². The molecule has 0 fully saturated rings. The predicted molar refractivity (Wildman–Crippen MR) is 82.3 cm³/mol. The van der Waals surface area contributed by atoms with Crippen LogP contribution in [0.5, 0.6) is 0 Å². The van der Waals surface area contributed by atoms with E-state index in [1.165, 1.54) is 15.9 Å². The van der Waals surface area contributed by atoms with Crippen molar-refractivity contribution in [3.63, 3.8) is 0 Å². The minimum absolute atomic E-state index is 0.0912. The van der Waals surface area contributed by atoms with Gasteiger partial charge in [0.1, 0.15) is 5.01 Å². The maximum atomic E-state index is 12.1. The molecule has 20 heavy (non-hydrogen) atoms. The first-order valence-corrected chi connectivity index (χ1v) is 7.83. The molecular weight excluding hydrogens is 272 g/mol. The number of fused-ring (bicyclic) bond motifs is 1. The van der Waals surface area contributed by atoms with Crippen LogP contribution in [-0.4, -0.2) is 32.6 Å². The lowest BCUT2D eigenvalue weighted by Gasteiger charge is -2.27. The minimum Gasteiger partial charge on any atom is -0.298 e. The van der Waals surface area contributed by atoms with Crippen LogP contribution >= 0.6 is 11.3 Å². The lowest BCUT2D eigenvalue weighted by molar-refractivity contribution is 0.198. The molecule has 0 aliphatic heterocycles. The molecule has 0 spiro atoms. The van der Waals surface area contributed by atoms with Gasteiger partial charge in [0.25, 0.3) is 5.56 Å². The Morgan fingerprint density at radius 2 is 2.10 bits per heavy atom. The summed E-state index contributed by atoms with van der Waals surface area (Å²) in [6, 6.07) is 2.04. The van der Waals surface area contributed by atoms with Gasteiger partial charge in [-0.25, -0.2) is 4.98 Å². The third kappa shape index (κ3) is 3.07. The molecule has 0 radical (unpaired) electrons. The molecule has 5 nitrogen and oxygen atoms in total. The average Bonchev–Trinajstić information content (AvgIpc) is 2.81. The molecule has 1 atom stereocenters. The fraction of sp³-hybridized carbons (Fsp3) is 0.643. The summed E-state index contributed by atoms with van der Waals surface area (Å²) in [6.45, 7) is 9.30. The summed E-state index contributed by atoms with van der Waals surface area (Å²) in [4.78, 5) is 19.5. The van der Waals surface area contributed by atoms with Gasteiger partial charge in [-0.3, -0.25) is 9.69 Å². The molecule has 0 aliphatic rings. The van der Waals surface area contributed by atoms with Crippen molar-refractivity contribution < 1.29 is 0 Å². The minimum atomic E-state index is -0.0912. The topological polar surface area (TPSA) is 50.5 Å². The molecule has 0 N–H and O–H groups in total. The SMILES string of the molecule is CCc1nn2c(=O)cc(CN(C)[C@H](C)C(C)C)nc2s1. The fourth-order valence-electron chi connectivity index (χ4n) is 2.03. The molecule has 2 heterocycles. The van der Waals surface area contributed by atoms with E-state index in [2.05, 4.69) is 42.8 Å². The van der Waals surface area contributed by atoms with Crippen molar-refractivity contribution in [3.8, 4) is 0 Å². The molecule has 2 aromatic heterocycles. The van der Waals surface area contributed by atoms with Crippen LogP contribution in [0.1, 0.15) is 38.4 Å². The highest BCUT2D eigenvalue weighted by Crippen LogP contribution is 2.14. The summed E-state index contributed by atoms with van der Waals surface area (Å²) in [5, 5.41) is 5.20. The van der Waals surface area contributed by atoms with Gasteiger partial charge in [-0.2, -0.15) is 9.61 Å². The lowest BCUT2D eigenvalue weighted by Crippen LogP contribution is -2.33. The largest absolute Gasteiger partial charge is 0.298 e. The van der Waals surface area contributed by atoms with E-state index in [1.54, 1.807) is 6.07 Å². The smallest absolute Gasteiger partial charge is 0.275 e. The van der Waals surface area contributed by atoms with Crippen LogP contribution in [0.25, 0.3) is 4.96 Å². The standard InChI is InChI=1S/C14H22N4OS/c1-6-12-16-18-13(19)7-11(15-14(18)20-12)8-17(5)10(4)9(2)3/h7,9-10H,6,8H2,1-5H3/t10-/m1/s1. The summed E-state index contributed by atoms with van der Waals surface area (Å²) in [5.41, 5.74) is 0.725. The van der Waals surface area contributed by atoms with Crippen LogP contribution in [0.3, 0.4) is 0 Å². The highest BCUT2D eigenvalue weighted by atomic mass is 32.1. The zero-order valence-corrected chi connectivity index (χ0v) is 13.6. The van der Waals surface area contributed by atoms with Crippen molar-refractivity contribution >= 4 is 16.3 Å². The Hall–Kier alpha value is -1.27. The van der Waals surface area contributed by atoms with E-state index in [9.17, 15) is 4.79 Å². The zero-order chi connectivity index (χ0) is 14.9. The van der Waals surface area contributed by atoms with Crippen molar-refractivity contribution in [2.45, 2.75) is 46.7 Å². The van der Waals surface area contributed by atoms with Crippen LogP contribution in [-0.2, 0) is 13.0 Å². The molecule has 110 valence electrons. The van der Waals surface area contributed by atoms with Gasteiger partial charge < -0.3 is 0 Å². The molecule has 0 amide bonds. The summed E-state index contributed by atoms with van der Waals surface area (Å²) < 4.78 is 1.40. The zero-order valence-electron chi connectivity index (χ0n) is 12.8. The first-order valence-electron chi connectivity index (χ1n) is 7.01. The van der Waals surface area contributed by atoms with Crippen LogP contribution < -0.4 is 5.56 Å². The first-order chi connectivity index (χ1) is 9.42. The number of nitrogens with zero attached hydrogens (tertiary/aromatic N) is 4. The van der Waals surface area contributed by atoms with Crippen molar-refractivity contribution in [1.29, 1.82) is 0 Å². The van der Waals surface area contributed by atoms with Gasteiger partial charge in [-0.05, 0) is 26.3 Å². The Balaban J connectivity index is 2.29. The number of aromatic nitrogens is 3. The molecule has 6 heteroatoms. The van der Waals surface area contributed by atoms with E-state index < -0.39 is 0 Å². The van der Waals surface area contributed by atoms with E-state index in [1.807, 2.05) is 6.92 Å². The van der Waals surface area contributed by atoms with Gasteiger partial charge in [0.05, 0.1) is 5.69 Å². The molecule has 0 aliphatic carbocycles. The normalized spacial score (nSPS) is 13.6. The first kappa shape index (κ1) is 15.1.